The number of aromatic nitrogens is 1. The molecule has 1 aromatic carbocycles. The van der Waals surface area contributed by atoms with Crippen LogP contribution in [0.1, 0.15) is 36.6 Å². The molecule has 0 fully saturated rings. The Kier molecular flexibility index (Phi) is 6.81. The lowest BCUT2D eigenvalue weighted by Gasteiger charge is -2.36. The summed E-state index contributed by atoms with van der Waals surface area (Å²) in [5.74, 6) is -1.59. The van der Waals surface area contributed by atoms with Gasteiger partial charge in [-0.05, 0) is 53.8 Å². The highest BCUT2D eigenvalue weighted by atomic mass is 35.5. The van der Waals surface area contributed by atoms with Gasteiger partial charge in [-0.1, -0.05) is 37.6 Å². The number of pyridine rings is 1. The fourth-order valence-electron chi connectivity index (χ4n) is 5.11. The lowest BCUT2D eigenvalue weighted by atomic mass is 9.81. The third kappa shape index (κ3) is 4.53. The molecule has 6 nitrogen and oxygen atoms in total. The number of hydrogen-bond donors (Lipinski definition) is 3. The summed E-state index contributed by atoms with van der Waals surface area (Å²) < 4.78 is 14.4. The Morgan fingerprint density at radius 2 is 2.03 bits per heavy atom. The Balaban J connectivity index is 1.72. The van der Waals surface area contributed by atoms with E-state index in [1.807, 2.05) is 18.4 Å². The van der Waals surface area contributed by atoms with Crippen molar-refractivity contribution in [1.82, 2.24) is 15.6 Å². The molecule has 4 heterocycles. The number of nitrogens with zero attached hydrogens (tertiary/aromatic N) is 1. The maximum Gasteiger partial charge on any atom is 0.251 e. The molecule has 0 aliphatic carbocycles. The van der Waals surface area contributed by atoms with Crippen LogP contribution in [0, 0.1) is 11.7 Å². The van der Waals surface area contributed by atoms with E-state index in [9.17, 15) is 14.0 Å². The highest BCUT2D eigenvalue weighted by molar-refractivity contribution is 8.00. The minimum Gasteiger partial charge on any atom is -0.366 e. The fraction of sp³-hybridized carbons (Fsp3) is 0.296. The monoisotopic (exact) mass is 556 g/mol. The summed E-state index contributed by atoms with van der Waals surface area (Å²) in [7, 11) is 0. The number of amides is 2. The second-order valence-electron chi connectivity index (χ2n) is 9.66. The predicted molar refractivity (Wildman–Crippen MR) is 148 cm³/mol. The molecule has 37 heavy (non-hydrogen) atoms. The molecule has 2 aliphatic rings. The topological polar surface area (TPSA) is 97.1 Å². The highest BCUT2D eigenvalue weighted by Crippen LogP contribution is 2.50. The predicted octanol–water partition coefficient (Wildman–Crippen LogP) is 5.25. The molecule has 2 aromatic heterocycles. The first kappa shape index (κ1) is 25.8. The number of nitrogens with one attached hydrogen (secondary N) is 2. The number of carbonyl (C=O) groups excluding carboxylic acids is 2. The quantitative estimate of drug-likeness (QED) is 0.345. The molecule has 2 aliphatic heterocycles. The van der Waals surface area contributed by atoms with Crippen molar-refractivity contribution >= 4 is 56.6 Å². The van der Waals surface area contributed by atoms with E-state index in [-0.39, 0.29) is 17.6 Å². The van der Waals surface area contributed by atoms with E-state index in [4.69, 9.17) is 17.3 Å². The van der Waals surface area contributed by atoms with Gasteiger partial charge in [0, 0.05) is 28.8 Å². The van der Waals surface area contributed by atoms with Crippen molar-refractivity contribution in [3.05, 3.63) is 86.5 Å². The molecule has 5 rings (SSSR count). The minimum atomic E-state index is -0.830. The maximum absolute atomic E-state index is 13.7. The molecule has 2 atom stereocenters. The summed E-state index contributed by atoms with van der Waals surface area (Å²) in [4.78, 5) is 30.8. The van der Waals surface area contributed by atoms with Crippen LogP contribution in [0.5, 0.6) is 0 Å². The SMILES string of the molecule is CS[C@]1(Cc2ccc(F)cc2)NC(=O)C2=C1NC(CC(C)C)=C(C(N)=O)C2c1cc2ccnc(Cl)c2s1. The number of fused-ring (bicyclic) bond motifs is 1. The number of rotatable bonds is 7. The van der Waals surface area contributed by atoms with Crippen LogP contribution in [-0.2, 0) is 16.0 Å². The van der Waals surface area contributed by atoms with Crippen LogP contribution in [0.2, 0.25) is 5.15 Å². The van der Waals surface area contributed by atoms with Gasteiger partial charge < -0.3 is 16.4 Å². The molecule has 0 saturated carbocycles. The summed E-state index contributed by atoms with van der Waals surface area (Å²) in [6.07, 6.45) is 4.57. The number of hydrogen-bond acceptors (Lipinski definition) is 6. The number of dihydropyridines is 1. The number of primary amides is 1. The molecule has 10 heteroatoms. The van der Waals surface area contributed by atoms with Gasteiger partial charge >= 0.3 is 0 Å². The molecule has 2 amide bonds. The van der Waals surface area contributed by atoms with Gasteiger partial charge in [0.1, 0.15) is 15.8 Å². The van der Waals surface area contributed by atoms with Crippen LogP contribution >= 0.6 is 34.7 Å². The Morgan fingerprint density at radius 1 is 1.30 bits per heavy atom. The fourth-order valence-corrected chi connectivity index (χ4v) is 7.42. The van der Waals surface area contributed by atoms with Crippen molar-refractivity contribution in [1.29, 1.82) is 0 Å². The van der Waals surface area contributed by atoms with Gasteiger partial charge in [-0.25, -0.2) is 9.37 Å². The van der Waals surface area contributed by atoms with Crippen LogP contribution in [-0.4, -0.2) is 27.9 Å². The van der Waals surface area contributed by atoms with Crippen LogP contribution in [0.15, 0.2) is 65.1 Å². The van der Waals surface area contributed by atoms with Crippen LogP contribution < -0.4 is 16.4 Å². The van der Waals surface area contributed by atoms with E-state index in [0.29, 0.717) is 40.5 Å². The van der Waals surface area contributed by atoms with Gasteiger partial charge in [0.05, 0.1) is 21.9 Å². The minimum absolute atomic E-state index is 0.228. The molecule has 0 bridgehead atoms. The van der Waals surface area contributed by atoms with Crippen molar-refractivity contribution in [2.45, 2.75) is 37.5 Å². The zero-order valence-corrected chi connectivity index (χ0v) is 22.9. The maximum atomic E-state index is 13.7. The van der Waals surface area contributed by atoms with Crippen molar-refractivity contribution < 1.29 is 14.0 Å². The van der Waals surface area contributed by atoms with E-state index in [0.717, 1.165) is 20.5 Å². The average Bonchev–Trinajstić information content (AvgIpc) is 3.40. The van der Waals surface area contributed by atoms with Crippen LogP contribution in [0.25, 0.3) is 10.1 Å². The van der Waals surface area contributed by atoms with Gasteiger partial charge in [-0.3, -0.25) is 9.59 Å². The summed E-state index contributed by atoms with van der Waals surface area (Å²) in [5, 5.41) is 7.91. The summed E-state index contributed by atoms with van der Waals surface area (Å²) in [6, 6.07) is 10.1. The van der Waals surface area contributed by atoms with Crippen LogP contribution in [0.3, 0.4) is 0 Å². The number of thiophene rings is 1. The zero-order valence-electron chi connectivity index (χ0n) is 20.5. The van der Waals surface area contributed by atoms with E-state index in [2.05, 4.69) is 29.5 Å². The van der Waals surface area contributed by atoms with Crippen molar-refractivity contribution in [3.63, 3.8) is 0 Å². The Labute approximate surface area is 227 Å². The number of carbonyl (C=O) groups is 2. The van der Waals surface area contributed by atoms with Crippen LogP contribution in [0.4, 0.5) is 4.39 Å². The third-order valence-corrected chi connectivity index (χ3v) is 9.47. The molecule has 3 aromatic rings. The van der Waals surface area contributed by atoms with Gasteiger partial charge in [0.15, 0.2) is 0 Å². The number of halogens is 2. The number of nitrogens with two attached hydrogens (primary N) is 1. The normalized spacial score (nSPS) is 21.5. The number of benzene rings is 1. The Hall–Kier alpha value is -2.88. The molecule has 4 N–H and O–H groups in total. The van der Waals surface area contributed by atoms with Gasteiger partial charge in [-0.2, -0.15) is 0 Å². The first-order chi connectivity index (χ1) is 17.6. The van der Waals surface area contributed by atoms with E-state index < -0.39 is 16.7 Å². The van der Waals surface area contributed by atoms with Crippen molar-refractivity contribution in [2.24, 2.45) is 11.7 Å². The lowest BCUT2D eigenvalue weighted by Crippen LogP contribution is -2.46. The molecular weight excluding hydrogens is 531 g/mol. The summed E-state index contributed by atoms with van der Waals surface area (Å²) >= 11 is 9.28. The smallest absolute Gasteiger partial charge is 0.251 e. The molecular formula is C27H26ClFN4O2S2. The standard InChI is InChI=1S/C27H26ClFN4O2S2/c1-13(2)10-17-19(25(30)34)20(18-11-15-8-9-31-24(28)22(15)37-18)21-23(32-17)27(36-3,33-26(21)35)12-14-4-6-16(29)7-5-14/h4-9,11,13,20,32H,10,12H2,1-3H3,(H2,30,34)(H,33,35)/t20?,27-/m0/s1. The van der Waals surface area contributed by atoms with Gasteiger partial charge in [0.2, 0.25) is 5.91 Å². The second kappa shape index (κ2) is 9.78. The second-order valence-corrected chi connectivity index (χ2v) is 12.2. The van der Waals surface area contributed by atoms with Crippen molar-refractivity contribution in [2.75, 3.05) is 6.26 Å². The summed E-state index contributed by atoms with van der Waals surface area (Å²) in [6.45, 7) is 4.13. The van der Waals surface area contributed by atoms with E-state index >= 15 is 0 Å². The largest absolute Gasteiger partial charge is 0.366 e. The number of thioether (sulfide) groups is 1. The Bertz CT molecular complexity index is 1480. The van der Waals surface area contributed by atoms with E-state index in [1.54, 1.807) is 18.3 Å². The number of allylic oxidation sites excluding steroid dienone is 1. The highest BCUT2D eigenvalue weighted by Gasteiger charge is 2.51. The molecule has 0 spiro atoms. The van der Waals surface area contributed by atoms with E-state index in [1.165, 1.54) is 35.2 Å². The zero-order chi connectivity index (χ0) is 26.5. The summed E-state index contributed by atoms with van der Waals surface area (Å²) in [5.41, 5.74) is 9.13. The molecule has 0 saturated heterocycles. The molecule has 192 valence electrons. The van der Waals surface area contributed by atoms with Gasteiger partial charge in [-0.15, -0.1) is 23.1 Å². The Morgan fingerprint density at radius 3 is 2.65 bits per heavy atom. The third-order valence-electron chi connectivity index (χ3n) is 6.70. The molecule has 0 radical (unpaired) electrons. The average molecular weight is 557 g/mol. The first-order valence-corrected chi connectivity index (χ1v) is 14.3. The lowest BCUT2D eigenvalue weighted by molar-refractivity contribution is -0.117. The van der Waals surface area contributed by atoms with Gasteiger partial charge in [0.25, 0.3) is 5.91 Å². The first-order valence-electron chi connectivity index (χ1n) is 11.8. The molecule has 1 unspecified atom stereocenters. The van der Waals surface area contributed by atoms with Crippen molar-refractivity contribution in [3.8, 4) is 0 Å².